The molecule has 0 bridgehead atoms. The fourth-order valence-electron chi connectivity index (χ4n) is 3.29. The zero-order valence-corrected chi connectivity index (χ0v) is 16.6. The molecule has 150 valence electrons. The fourth-order valence-corrected chi connectivity index (χ4v) is 3.29. The van der Waals surface area contributed by atoms with E-state index in [1.807, 2.05) is 12.1 Å². The second kappa shape index (κ2) is 11.1. The summed E-state index contributed by atoms with van der Waals surface area (Å²) in [4.78, 5) is 8.57. The van der Waals surface area contributed by atoms with Gasteiger partial charge in [0.25, 0.3) is 0 Å². The molecule has 0 spiro atoms. The van der Waals surface area contributed by atoms with Crippen LogP contribution in [0.1, 0.15) is 56.9 Å². The van der Waals surface area contributed by atoms with Gasteiger partial charge in [0.15, 0.2) is 5.96 Å². The van der Waals surface area contributed by atoms with Gasteiger partial charge in [-0.05, 0) is 49.7 Å². The number of hydrogen-bond acceptors (Lipinski definition) is 4. The highest BCUT2D eigenvalue weighted by molar-refractivity contribution is 5.79. The summed E-state index contributed by atoms with van der Waals surface area (Å²) < 4.78 is 11.7. The zero-order valence-electron chi connectivity index (χ0n) is 16.6. The van der Waals surface area contributed by atoms with Gasteiger partial charge in [-0.3, -0.25) is 4.99 Å². The molecule has 0 radical (unpaired) electrons. The minimum atomic E-state index is 0.485. The van der Waals surface area contributed by atoms with Crippen molar-refractivity contribution in [1.82, 2.24) is 15.6 Å². The van der Waals surface area contributed by atoms with Gasteiger partial charge in [-0.2, -0.15) is 0 Å². The molecule has 2 aliphatic carbocycles. The van der Waals surface area contributed by atoms with E-state index in [4.69, 9.17) is 9.47 Å². The van der Waals surface area contributed by atoms with Gasteiger partial charge in [-0.25, -0.2) is 4.98 Å². The van der Waals surface area contributed by atoms with Crippen LogP contribution in [0, 0.1) is 5.92 Å². The first kappa shape index (κ1) is 19.9. The summed E-state index contributed by atoms with van der Waals surface area (Å²) in [6.07, 6.45) is 12.3. The van der Waals surface area contributed by atoms with Crippen LogP contribution in [0.25, 0.3) is 0 Å². The lowest BCUT2D eigenvalue weighted by molar-refractivity contribution is 0.0277. The Balaban J connectivity index is 1.29. The van der Waals surface area contributed by atoms with Gasteiger partial charge in [0.1, 0.15) is 0 Å². The number of aliphatic imine (C=N–C) groups is 1. The molecule has 0 aromatic carbocycles. The number of guanidine groups is 1. The first-order valence-corrected chi connectivity index (χ1v) is 10.5. The lowest BCUT2D eigenvalue weighted by Crippen LogP contribution is -2.37. The minimum absolute atomic E-state index is 0.485. The maximum absolute atomic E-state index is 5.96. The highest BCUT2D eigenvalue weighted by Crippen LogP contribution is 2.29. The van der Waals surface area contributed by atoms with Crippen LogP contribution in [-0.2, 0) is 11.3 Å². The summed E-state index contributed by atoms with van der Waals surface area (Å²) in [5, 5.41) is 6.70. The van der Waals surface area contributed by atoms with E-state index < -0.39 is 0 Å². The van der Waals surface area contributed by atoms with Gasteiger partial charge < -0.3 is 20.1 Å². The van der Waals surface area contributed by atoms with Crippen molar-refractivity contribution in [2.45, 2.75) is 64.0 Å². The lowest BCUT2D eigenvalue weighted by atomic mass is 9.98. The van der Waals surface area contributed by atoms with Crippen LogP contribution in [0.4, 0.5) is 0 Å². The largest absolute Gasteiger partial charge is 0.477 e. The van der Waals surface area contributed by atoms with Crippen molar-refractivity contribution in [3.8, 4) is 5.88 Å². The predicted octanol–water partition coefficient (Wildman–Crippen LogP) is 3.27. The molecule has 27 heavy (non-hydrogen) atoms. The molecule has 6 nitrogen and oxygen atoms in total. The Morgan fingerprint density at radius 3 is 2.81 bits per heavy atom. The van der Waals surface area contributed by atoms with Crippen molar-refractivity contribution in [3.05, 3.63) is 23.9 Å². The molecule has 0 saturated heterocycles. The van der Waals surface area contributed by atoms with Crippen LogP contribution in [-0.4, -0.2) is 43.9 Å². The number of nitrogens with one attached hydrogen (secondary N) is 2. The molecule has 0 atom stereocenters. The molecule has 1 aromatic rings. The Morgan fingerprint density at radius 2 is 2.04 bits per heavy atom. The monoisotopic (exact) mass is 374 g/mol. The Bertz CT molecular complexity index is 583. The summed E-state index contributed by atoms with van der Waals surface area (Å²) in [6.45, 7) is 3.16. The summed E-state index contributed by atoms with van der Waals surface area (Å²) in [5.74, 6) is 2.26. The highest BCUT2D eigenvalue weighted by atomic mass is 16.5. The number of nitrogens with zero attached hydrogens (tertiary/aromatic N) is 2. The van der Waals surface area contributed by atoms with Gasteiger partial charge in [0.05, 0.1) is 12.7 Å². The van der Waals surface area contributed by atoms with E-state index in [-0.39, 0.29) is 0 Å². The Labute approximate surface area is 163 Å². The third-order valence-electron chi connectivity index (χ3n) is 5.17. The van der Waals surface area contributed by atoms with Crippen LogP contribution in [0.3, 0.4) is 0 Å². The van der Waals surface area contributed by atoms with Crippen LogP contribution in [0.15, 0.2) is 23.3 Å². The molecule has 0 unspecified atom stereocenters. The van der Waals surface area contributed by atoms with Crippen molar-refractivity contribution in [1.29, 1.82) is 0 Å². The summed E-state index contributed by atoms with van der Waals surface area (Å²) in [7, 11) is 1.80. The summed E-state index contributed by atoms with van der Waals surface area (Å²) >= 11 is 0. The zero-order chi connectivity index (χ0) is 18.7. The van der Waals surface area contributed by atoms with Gasteiger partial charge in [0.2, 0.25) is 5.88 Å². The number of hydrogen-bond donors (Lipinski definition) is 2. The third kappa shape index (κ3) is 7.75. The van der Waals surface area contributed by atoms with E-state index in [9.17, 15) is 0 Å². The quantitative estimate of drug-likeness (QED) is 0.374. The summed E-state index contributed by atoms with van der Waals surface area (Å²) in [5.41, 5.74) is 1.14. The molecule has 2 aliphatic rings. The number of pyridine rings is 1. The fraction of sp³-hybridized carbons (Fsp3) is 0.714. The Hall–Kier alpha value is -1.82. The SMILES string of the molecule is CN=C(NCCCOC1CCCCC1)NCc1ccnc(OCC2CC2)c1. The Morgan fingerprint density at radius 1 is 1.19 bits per heavy atom. The smallest absolute Gasteiger partial charge is 0.213 e. The standard InChI is InChI=1S/C21H34N4O2/c1-22-21(24-11-5-13-26-19-6-3-2-4-7-19)25-15-18-10-12-23-20(14-18)27-16-17-8-9-17/h10,12,14,17,19H,2-9,11,13,15-16H2,1H3,(H2,22,24,25). The number of ether oxygens (including phenoxy) is 2. The topological polar surface area (TPSA) is 67.8 Å². The summed E-state index contributed by atoms with van der Waals surface area (Å²) in [6, 6.07) is 4.00. The molecular formula is C21H34N4O2. The molecule has 0 aliphatic heterocycles. The molecule has 3 rings (SSSR count). The van der Waals surface area contributed by atoms with Gasteiger partial charge in [-0.15, -0.1) is 0 Å². The molecule has 2 saturated carbocycles. The van der Waals surface area contributed by atoms with Gasteiger partial charge in [0, 0.05) is 39.0 Å². The molecule has 1 heterocycles. The normalized spacial score (nSPS) is 18.3. The molecule has 6 heteroatoms. The lowest BCUT2D eigenvalue weighted by Gasteiger charge is -2.22. The first-order chi connectivity index (χ1) is 13.3. The van der Waals surface area contributed by atoms with Gasteiger partial charge in [-0.1, -0.05) is 19.3 Å². The second-order valence-corrected chi connectivity index (χ2v) is 7.59. The molecule has 2 fully saturated rings. The maximum atomic E-state index is 5.96. The Kier molecular flexibility index (Phi) is 8.21. The van der Waals surface area contributed by atoms with Crippen molar-refractivity contribution in [2.75, 3.05) is 26.8 Å². The average molecular weight is 375 g/mol. The van der Waals surface area contributed by atoms with Crippen molar-refractivity contribution < 1.29 is 9.47 Å². The highest BCUT2D eigenvalue weighted by Gasteiger charge is 2.22. The molecule has 2 N–H and O–H groups in total. The average Bonchev–Trinajstić information content (AvgIpc) is 3.54. The first-order valence-electron chi connectivity index (χ1n) is 10.5. The van der Waals surface area contributed by atoms with E-state index >= 15 is 0 Å². The van der Waals surface area contributed by atoms with E-state index in [1.165, 1.54) is 44.9 Å². The molecule has 1 aromatic heterocycles. The number of rotatable bonds is 10. The molecule has 0 amide bonds. The van der Waals surface area contributed by atoms with Crippen LogP contribution >= 0.6 is 0 Å². The minimum Gasteiger partial charge on any atom is -0.477 e. The third-order valence-corrected chi connectivity index (χ3v) is 5.17. The van der Waals surface area contributed by atoms with Crippen molar-refractivity contribution >= 4 is 5.96 Å². The molecular weight excluding hydrogens is 340 g/mol. The van der Waals surface area contributed by atoms with Crippen molar-refractivity contribution in [2.24, 2.45) is 10.9 Å². The number of aromatic nitrogens is 1. The second-order valence-electron chi connectivity index (χ2n) is 7.59. The van der Waals surface area contributed by atoms with Crippen LogP contribution < -0.4 is 15.4 Å². The van der Waals surface area contributed by atoms with Crippen molar-refractivity contribution in [3.63, 3.8) is 0 Å². The van der Waals surface area contributed by atoms with Gasteiger partial charge >= 0.3 is 0 Å². The van der Waals surface area contributed by atoms with E-state index in [0.29, 0.717) is 18.5 Å². The maximum Gasteiger partial charge on any atom is 0.213 e. The van der Waals surface area contributed by atoms with Crippen LogP contribution in [0.5, 0.6) is 5.88 Å². The van der Waals surface area contributed by atoms with E-state index in [2.05, 4.69) is 20.6 Å². The van der Waals surface area contributed by atoms with E-state index in [0.717, 1.165) is 43.6 Å². The van der Waals surface area contributed by atoms with E-state index in [1.54, 1.807) is 13.2 Å². The van der Waals surface area contributed by atoms with Crippen LogP contribution in [0.2, 0.25) is 0 Å². The predicted molar refractivity (Wildman–Crippen MR) is 108 cm³/mol.